The van der Waals surface area contributed by atoms with Crippen molar-refractivity contribution in [3.8, 4) is 0 Å². The monoisotopic (exact) mass is 367 g/mol. The fourth-order valence-electron chi connectivity index (χ4n) is 3.78. The van der Waals surface area contributed by atoms with Gasteiger partial charge >= 0.3 is 0 Å². The van der Waals surface area contributed by atoms with Crippen LogP contribution in [0.15, 0.2) is 24.4 Å². The number of hydrogen-bond acceptors (Lipinski definition) is 4. The van der Waals surface area contributed by atoms with Crippen LogP contribution in [0.3, 0.4) is 0 Å². The number of nitrogens with zero attached hydrogens (tertiary/aromatic N) is 3. The summed E-state index contributed by atoms with van der Waals surface area (Å²) in [7, 11) is -3.32. The molecule has 3 heterocycles. The third-order valence-corrected chi connectivity index (χ3v) is 7.38. The standard InChI is InChI=1S/C17H19F2N3O2S/c18-12-9-14-16(3-5-20-17(14)15(19)10-12)21-8-4-13(11-21)25(23,24)22-6-1-2-7-22/h3,5,9-10,13H,1-2,4,6-8,11H2. The average Bonchev–Trinajstić information content (AvgIpc) is 3.27. The molecule has 0 aliphatic carbocycles. The highest BCUT2D eigenvalue weighted by atomic mass is 32.2. The lowest BCUT2D eigenvalue weighted by Crippen LogP contribution is -2.38. The number of rotatable bonds is 3. The highest BCUT2D eigenvalue weighted by Crippen LogP contribution is 2.32. The Kier molecular flexibility index (Phi) is 4.11. The smallest absolute Gasteiger partial charge is 0.218 e. The first-order valence-corrected chi connectivity index (χ1v) is 9.95. The summed E-state index contributed by atoms with van der Waals surface area (Å²) < 4.78 is 54.7. The quantitative estimate of drug-likeness (QED) is 0.837. The number of benzene rings is 1. The van der Waals surface area contributed by atoms with Gasteiger partial charge in [-0.1, -0.05) is 0 Å². The summed E-state index contributed by atoms with van der Waals surface area (Å²) in [4.78, 5) is 5.88. The molecular weight excluding hydrogens is 348 g/mol. The van der Waals surface area contributed by atoms with Crippen molar-refractivity contribution < 1.29 is 17.2 Å². The van der Waals surface area contributed by atoms with Gasteiger partial charge in [0.1, 0.15) is 11.3 Å². The predicted octanol–water partition coefficient (Wildman–Crippen LogP) is 2.52. The van der Waals surface area contributed by atoms with Crippen molar-refractivity contribution in [3.05, 3.63) is 36.0 Å². The second-order valence-corrected chi connectivity index (χ2v) is 8.83. The van der Waals surface area contributed by atoms with E-state index in [-0.39, 0.29) is 5.52 Å². The van der Waals surface area contributed by atoms with Gasteiger partial charge in [-0.15, -0.1) is 0 Å². The Labute approximate surface area is 145 Å². The van der Waals surface area contributed by atoms with Gasteiger partial charge < -0.3 is 4.90 Å². The summed E-state index contributed by atoms with van der Waals surface area (Å²) in [5.74, 6) is -1.38. The number of halogens is 2. The van der Waals surface area contributed by atoms with E-state index in [2.05, 4.69) is 4.98 Å². The van der Waals surface area contributed by atoms with Gasteiger partial charge in [-0.2, -0.15) is 0 Å². The molecule has 25 heavy (non-hydrogen) atoms. The van der Waals surface area contributed by atoms with Crippen molar-refractivity contribution in [2.24, 2.45) is 0 Å². The van der Waals surface area contributed by atoms with Crippen molar-refractivity contribution in [1.82, 2.24) is 9.29 Å². The van der Waals surface area contributed by atoms with Gasteiger partial charge in [-0.3, -0.25) is 4.98 Å². The summed E-state index contributed by atoms with van der Waals surface area (Å²) >= 11 is 0. The van der Waals surface area contributed by atoms with Crippen LogP contribution in [0, 0.1) is 11.6 Å². The maximum absolute atomic E-state index is 14.0. The molecule has 0 bridgehead atoms. The van der Waals surface area contributed by atoms with Crippen LogP contribution in [-0.2, 0) is 10.0 Å². The molecule has 5 nitrogen and oxygen atoms in total. The van der Waals surface area contributed by atoms with E-state index in [1.807, 2.05) is 4.90 Å². The fourth-order valence-corrected chi connectivity index (χ4v) is 5.74. The number of fused-ring (bicyclic) bond motifs is 1. The average molecular weight is 367 g/mol. The first-order chi connectivity index (χ1) is 12.0. The summed E-state index contributed by atoms with van der Waals surface area (Å²) in [6.07, 6.45) is 3.80. The first-order valence-electron chi connectivity index (χ1n) is 8.44. The van der Waals surface area contributed by atoms with E-state index in [1.165, 1.54) is 12.3 Å². The van der Waals surface area contributed by atoms with E-state index in [1.54, 1.807) is 10.4 Å². The molecule has 0 radical (unpaired) electrons. The van der Waals surface area contributed by atoms with Crippen LogP contribution in [0.1, 0.15) is 19.3 Å². The van der Waals surface area contributed by atoms with Crippen LogP contribution in [0.5, 0.6) is 0 Å². The molecule has 2 fully saturated rings. The molecule has 0 N–H and O–H groups in total. The van der Waals surface area contributed by atoms with Gasteiger partial charge in [-0.25, -0.2) is 21.5 Å². The summed E-state index contributed by atoms with van der Waals surface area (Å²) in [5, 5.41) is -0.105. The summed E-state index contributed by atoms with van der Waals surface area (Å²) in [5.41, 5.74) is 0.729. The predicted molar refractivity (Wildman–Crippen MR) is 92.0 cm³/mol. The van der Waals surface area contributed by atoms with E-state index in [4.69, 9.17) is 0 Å². The van der Waals surface area contributed by atoms with Gasteiger partial charge in [-0.05, 0) is 31.4 Å². The molecule has 1 aromatic heterocycles. The van der Waals surface area contributed by atoms with Crippen LogP contribution in [0.25, 0.3) is 10.9 Å². The molecule has 2 saturated heterocycles. The van der Waals surface area contributed by atoms with Gasteiger partial charge in [0, 0.05) is 49.5 Å². The van der Waals surface area contributed by atoms with Crippen LogP contribution >= 0.6 is 0 Å². The highest BCUT2D eigenvalue weighted by Gasteiger charge is 2.38. The minimum absolute atomic E-state index is 0.102. The van der Waals surface area contributed by atoms with Crippen LogP contribution in [-0.4, -0.2) is 49.1 Å². The molecule has 134 valence electrons. The molecule has 8 heteroatoms. The Bertz CT molecular complexity index is 913. The molecule has 1 unspecified atom stereocenters. The van der Waals surface area contributed by atoms with E-state index in [0.29, 0.717) is 43.7 Å². The lowest BCUT2D eigenvalue weighted by atomic mass is 10.1. The largest absolute Gasteiger partial charge is 0.370 e. The molecule has 2 aliphatic heterocycles. The summed E-state index contributed by atoms with van der Waals surface area (Å²) in [6.45, 7) is 2.05. The summed E-state index contributed by atoms with van der Waals surface area (Å²) in [6, 6.07) is 3.75. The van der Waals surface area contributed by atoms with Gasteiger partial charge in [0.05, 0.1) is 5.25 Å². The third-order valence-electron chi connectivity index (χ3n) is 5.07. The van der Waals surface area contributed by atoms with Crippen molar-refractivity contribution >= 4 is 26.6 Å². The van der Waals surface area contributed by atoms with Crippen LogP contribution < -0.4 is 4.90 Å². The van der Waals surface area contributed by atoms with Crippen LogP contribution in [0.2, 0.25) is 0 Å². The topological polar surface area (TPSA) is 53.5 Å². The van der Waals surface area contributed by atoms with E-state index in [0.717, 1.165) is 18.9 Å². The molecular formula is C17H19F2N3O2S. The Balaban J connectivity index is 1.65. The van der Waals surface area contributed by atoms with Crippen molar-refractivity contribution in [1.29, 1.82) is 0 Å². The third kappa shape index (κ3) is 2.87. The minimum atomic E-state index is -3.32. The number of hydrogen-bond donors (Lipinski definition) is 0. The van der Waals surface area contributed by atoms with E-state index >= 15 is 0 Å². The minimum Gasteiger partial charge on any atom is -0.370 e. The Hall–Kier alpha value is -1.80. The fraction of sp³-hybridized carbons (Fsp3) is 0.471. The lowest BCUT2D eigenvalue weighted by Gasteiger charge is -2.23. The van der Waals surface area contributed by atoms with Crippen molar-refractivity contribution in [2.45, 2.75) is 24.5 Å². The Morgan fingerprint density at radius 2 is 1.88 bits per heavy atom. The number of anilines is 1. The Morgan fingerprint density at radius 1 is 1.12 bits per heavy atom. The second-order valence-electron chi connectivity index (χ2n) is 6.62. The lowest BCUT2D eigenvalue weighted by molar-refractivity contribution is 0.467. The van der Waals surface area contributed by atoms with Gasteiger partial charge in [0.15, 0.2) is 5.82 Å². The first kappa shape index (κ1) is 16.7. The van der Waals surface area contributed by atoms with Crippen molar-refractivity contribution in [2.75, 3.05) is 31.1 Å². The maximum atomic E-state index is 14.0. The van der Waals surface area contributed by atoms with Crippen LogP contribution in [0.4, 0.5) is 14.5 Å². The van der Waals surface area contributed by atoms with E-state index < -0.39 is 26.9 Å². The number of sulfonamides is 1. The molecule has 1 atom stereocenters. The molecule has 2 aliphatic rings. The molecule has 0 spiro atoms. The zero-order valence-electron chi connectivity index (χ0n) is 13.7. The number of aromatic nitrogens is 1. The molecule has 0 saturated carbocycles. The van der Waals surface area contributed by atoms with Gasteiger partial charge in [0.2, 0.25) is 10.0 Å². The molecule has 0 amide bonds. The van der Waals surface area contributed by atoms with E-state index in [9.17, 15) is 17.2 Å². The SMILES string of the molecule is O=S(=O)(C1CCN(c2ccnc3c(F)cc(F)cc23)C1)N1CCCC1. The maximum Gasteiger partial charge on any atom is 0.218 e. The van der Waals surface area contributed by atoms with Gasteiger partial charge in [0.25, 0.3) is 0 Å². The second kappa shape index (κ2) is 6.17. The zero-order valence-corrected chi connectivity index (χ0v) is 14.5. The highest BCUT2D eigenvalue weighted by molar-refractivity contribution is 7.89. The molecule has 4 rings (SSSR count). The number of pyridine rings is 1. The zero-order chi connectivity index (χ0) is 17.6. The Morgan fingerprint density at radius 3 is 2.64 bits per heavy atom. The molecule has 1 aromatic carbocycles. The molecule has 2 aromatic rings. The van der Waals surface area contributed by atoms with Crippen molar-refractivity contribution in [3.63, 3.8) is 0 Å². The normalized spacial score (nSPS) is 22.2.